The number of halogens is 1. The van der Waals surface area contributed by atoms with Gasteiger partial charge in [0, 0.05) is 32.4 Å². The highest BCUT2D eigenvalue weighted by molar-refractivity contribution is 5.88. The summed E-state index contributed by atoms with van der Waals surface area (Å²) < 4.78 is 14.0. The zero-order valence-electron chi connectivity index (χ0n) is 10.3. The van der Waals surface area contributed by atoms with E-state index in [2.05, 4.69) is 16.8 Å². The number of pyridine rings is 1. The fourth-order valence-corrected chi connectivity index (χ4v) is 2.09. The first kappa shape index (κ1) is 12.8. The molecule has 0 unspecified atom stereocenters. The lowest BCUT2D eigenvalue weighted by Crippen LogP contribution is -2.46. The van der Waals surface area contributed by atoms with Gasteiger partial charge in [0.15, 0.2) is 11.6 Å². The molecule has 98 valence electrons. The van der Waals surface area contributed by atoms with Crippen LogP contribution in [0.5, 0.6) is 0 Å². The lowest BCUT2D eigenvalue weighted by Gasteiger charge is -2.34. The summed E-state index contributed by atoms with van der Waals surface area (Å²) in [6.45, 7) is 6.07. The van der Waals surface area contributed by atoms with E-state index in [1.165, 1.54) is 12.3 Å². The van der Waals surface area contributed by atoms with E-state index >= 15 is 0 Å². The van der Waals surface area contributed by atoms with Crippen LogP contribution in [0.15, 0.2) is 12.3 Å². The van der Waals surface area contributed by atoms with Gasteiger partial charge in [-0.1, -0.05) is 6.92 Å². The number of anilines is 1. The standard InChI is InChI=1S/C12H16FN3O2/c1-2-15-5-7-16(8-6-15)11-10(13)9(12(17)18)3-4-14-11/h3-4H,2,5-8H2,1H3,(H,17,18). The maximum Gasteiger partial charge on any atom is 0.338 e. The van der Waals surface area contributed by atoms with Crippen molar-refractivity contribution in [1.29, 1.82) is 0 Å². The summed E-state index contributed by atoms with van der Waals surface area (Å²) in [5.74, 6) is -1.86. The Morgan fingerprint density at radius 2 is 2.11 bits per heavy atom. The molecule has 0 aromatic carbocycles. The molecular formula is C12H16FN3O2. The van der Waals surface area contributed by atoms with Gasteiger partial charge < -0.3 is 14.9 Å². The first-order valence-electron chi connectivity index (χ1n) is 5.98. The SMILES string of the molecule is CCN1CCN(c2nccc(C(=O)O)c2F)CC1. The van der Waals surface area contributed by atoms with Crippen LogP contribution < -0.4 is 4.90 Å². The van der Waals surface area contributed by atoms with Crippen molar-refractivity contribution in [3.8, 4) is 0 Å². The highest BCUT2D eigenvalue weighted by atomic mass is 19.1. The number of hydrogen-bond donors (Lipinski definition) is 1. The van der Waals surface area contributed by atoms with Crippen LogP contribution in [-0.4, -0.2) is 53.7 Å². The molecular weight excluding hydrogens is 237 g/mol. The molecule has 1 aliphatic heterocycles. The summed E-state index contributed by atoms with van der Waals surface area (Å²) >= 11 is 0. The number of piperazine rings is 1. The highest BCUT2D eigenvalue weighted by Crippen LogP contribution is 2.20. The molecule has 1 aromatic rings. The Morgan fingerprint density at radius 3 is 2.67 bits per heavy atom. The fourth-order valence-electron chi connectivity index (χ4n) is 2.09. The van der Waals surface area contributed by atoms with Crippen LogP contribution in [0.3, 0.4) is 0 Å². The van der Waals surface area contributed by atoms with Gasteiger partial charge in [-0.3, -0.25) is 0 Å². The normalized spacial score (nSPS) is 16.9. The lowest BCUT2D eigenvalue weighted by molar-refractivity contribution is 0.0691. The first-order valence-corrected chi connectivity index (χ1v) is 5.98. The van der Waals surface area contributed by atoms with Crippen LogP contribution in [0.25, 0.3) is 0 Å². The van der Waals surface area contributed by atoms with Gasteiger partial charge in [-0.05, 0) is 12.6 Å². The second-order valence-electron chi connectivity index (χ2n) is 4.22. The van der Waals surface area contributed by atoms with E-state index < -0.39 is 11.8 Å². The smallest absolute Gasteiger partial charge is 0.338 e. The minimum Gasteiger partial charge on any atom is -0.478 e. The number of carboxylic acid groups (broad SMARTS) is 1. The molecule has 1 N–H and O–H groups in total. The molecule has 5 nitrogen and oxygen atoms in total. The number of carboxylic acids is 1. The van der Waals surface area contributed by atoms with Crippen molar-refractivity contribution in [3.63, 3.8) is 0 Å². The van der Waals surface area contributed by atoms with Crippen molar-refractivity contribution >= 4 is 11.8 Å². The van der Waals surface area contributed by atoms with Crippen LogP contribution in [0.1, 0.15) is 17.3 Å². The first-order chi connectivity index (χ1) is 8.63. The number of nitrogens with zero attached hydrogens (tertiary/aromatic N) is 3. The van der Waals surface area contributed by atoms with E-state index in [0.717, 1.165) is 19.6 Å². The van der Waals surface area contributed by atoms with Crippen molar-refractivity contribution in [3.05, 3.63) is 23.6 Å². The topological polar surface area (TPSA) is 56.7 Å². The lowest BCUT2D eigenvalue weighted by atomic mass is 10.2. The molecule has 0 atom stereocenters. The van der Waals surface area contributed by atoms with Crippen LogP contribution in [0.2, 0.25) is 0 Å². The van der Waals surface area contributed by atoms with Gasteiger partial charge in [-0.25, -0.2) is 14.2 Å². The van der Waals surface area contributed by atoms with Gasteiger partial charge in [0.1, 0.15) is 5.56 Å². The highest BCUT2D eigenvalue weighted by Gasteiger charge is 2.22. The number of rotatable bonds is 3. The minimum absolute atomic E-state index is 0.144. The Balaban J connectivity index is 2.19. The van der Waals surface area contributed by atoms with E-state index in [9.17, 15) is 9.18 Å². The Bertz CT molecular complexity index is 445. The van der Waals surface area contributed by atoms with Crippen molar-refractivity contribution < 1.29 is 14.3 Å². The van der Waals surface area contributed by atoms with Gasteiger partial charge in [-0.2, -0.15) is 0 Å². The van der Waals surface area contributed by atoms with Crippen LogP contribution >= 0.6 is 0 Å². The van der Waals surface area contributed by atoms with Gasteiger partial charge >= 0.3 is 5.97 Å². The predicted octanol–water partition coefficient (Wildman–Crippen LogP) is 1.06. The second kappa shape index (κ2) is 5.30. The summed E-state index contributed by atoms with van der Waals surface area (Å²) in [6.07, 6.45) is 1.34. The van der Waals surface area contributed by atoms with E-state index in [0.29, 0.717) is 13.1 Å². The molecule has 0 aliphatic carbocycles. The van der Waals surface area contributed by atoms with Gasteiger partial charge in [0.2, 0.25) is 0 Å². The molecule has 6 heteroatoms. The molecule has 1 saturated heterocycles. The third kappa shape index (κ3) is 2.43. The predicted molar refractivity (Wildman–Crippen MR) is 65.5 cm³/mol. The average molecular weight is 253 g/mol. The summed E-state index contributed by atoms with van der Waals surface area (Å²) in [6, 6.07) is 1.18. The molecule has 1 aliphatic rings. The Labute approximate surface area is 105 Å². The molecule has 2 heterocycles. The van der Waals surface area contributed by atoms with Crippen LogP contribution in [0.4, 0.5) is 10.2 Å². The Morgan fingerprint density at radius 1 is 1.44 bits per heavy atom. The Hall–Kier alpha value is -1.69. The summed E-state index contributed by atoms with van der Waals surface area (Å²) in [7, 11) is 0. The van der Waals surface area contributed by atoms with Gasteiger partial charge in [0.05, 0.1) is 0 Å². The van der Waals surface area contributed by atoms with Crippen molar-refractivity contribution in [2.75, 3.05) is 37.6 Å². The zero-order chi connectivity index (χ0) is 13.1. The number of hydrogen-bond acceptors (Lipinski definition) is 4. The second-order valence-corrected chi connectivity index (χ2v) is 4.22. The molecule has 0 amide bonds. The summed E-state index contributed by atoms with van der Waals surface area (Å²) in [5.41, 5.74) is -0.321. The third-order valence-electron chi connectivity index (χ3n) is 3.22. The van der Waals surface area contributed by atoms with Crippen LogP contribution in [-0.2, 0) is 0 Å². The van der Waals surface area contributed by atoms with E-state index in [-0.39, 0.29) is 11.4 Å². The largest absolute Gasteiger partial charge is 0.478 e. The maximum atomic E-state index is 14.0. The van der Waals surface area contributed by atoms with E-state index in [4.69, 9.17) is 5.11 Å². The molecule has 0 saturated carbocycles. The van der Waals surface area contributed by atoms with Crippen molar-refractivity contribution in [2.24, 2.45) is 0 Å². The molecule has 2 rings (SSSR count). The van der Waals surface area contributed by atoms with E-state index in [1.807, 2.05) is 0 Å². The summed E-state index contributed by atoms with van der Waals surface area (Å²) in [4.78, 5) is 18.9. The molecule has 0 spiro atoms. The number of aromatic nitrogens is 1. The number of carbonyl (C=O) groups is 1. The zero-order valence-corrected chi connectivity index (χ0v) is 10.3. The quantitative estimate of drug-likeness (QED) is 0.873. The fraction of sp³-hybridized carbons (Fsp3) is 0.500. The van der Waals surface area contributed by atoms with Crippen molar-refractivity contribution in [2.45, 2.75) is 6.92 Å². The number of aromatic carboxylic acids is 1. The monoisotopic (exact) mass is 253 g/mol. The maximum absolute atomic E-state index is 14.0. The number of likely N-dealkylation sites (N-methyl/N-ethyl adjacent to an activating group) is 1. The van der Waals surface area contributed by atoms with Crippen molar-refractivity contribution in [1.82, 2.24) is 9.88 Å². The van der Waals surface area contributed by atoms with Gasteiger partial charge in [0.25, 0.3) is 0 Å². The Kier molecular flexibility index (Phi) is 3.76. The third-order valence-corrected chi connectivity index (χ3v) is 3.22. The van der Waals surface area contributed by atoms with Crippen LogP contribution in [0, 0.1) is 5.82 Å². The average Bonchev–Trinajstić information content (AvgIpc) is 2.39. The molecule has 0 radical (unpaired) electrons. The molecule has 1 aromatic heterocycles. The molecule has 1 fully saturated rings. The molecule has 0 bridgehead atoms. The molecule has 18 heavy (non-hydrogen) atoms. The van der Waals surface area contributed by atoms with Gasteiger partial charge in [-0.15, -0.1) is 0 Å². The van der Waals surface area contributed by atoms with E-state index in [1.54, 1.807) is 4.90 Å². The summed E-state index contributed by atoms with van der Waals surface area (Å²) in [5, 5.41) is 8.87. The minimum atomic E-state index is -1.26.